The molecule has 1 fully saturated rings. The summed E-state index contributed by atoms with van der Waals surface area (Å²) in [5.41, 5.74) is 0.680. The van der Waals surface area contributed by atoms with Gasteiger partial charge >= 0.3 is 0 Å². The third kappa shape index (κ3) is 3.29. The third-order valence-corrected chi connectivity index (χ3v) is 4.41. The van der Waals surface area contributed by atoms with E-state index in [4.69, 9.17) is 0 Å². The Balaban J connectivity index is 1.52. The van der Waals surface area contributed by atoms with Crippen molar-refractivity contribution < 1.29 is 14.0 Å². The number of para-hydroxylation sites is 1. The van der Waals surface area contributed by atoms with E-state index in [-0.39, 0.29) is 30.5 Å². The van der Waals surface area contributed by atoms with Crippen LogP contribution in [0.5, 0.6) is 0 Å². The van der Waals surface area contributed by atoms with E-state index in [0.29, 0.717) is 11.5 Å². The zero-order chi connectivity index (χ0) is 18.8. The summed E-state index contributed by atoms with van der Waals surface area (Å²) in [6, 6.07) is 11.2. The fourth-order valence-corrected chi connectivity index (χ4v) is 3.09. The molecule has 2 aromatic heterocycles. The number of nitrogens with one attached hydrogen (secondary N) is 1. The van der Waals surface area contributed by atoms with E-state index in [1.54, 1.807) is 53.6 Å². The van der Waals surface area contributed by atoms with E-state index in [2.05, 4.69) is 15.4 Å². The first-order valence-corrected chi connectivity index (χ1v) is 8.44. The highest BCUT2D eigenvalue weighted by atomic mass is 19.1. The first-order valence-electron chi connectivity index (χ1n) is 8.44. The maximum atomic E-state index is 14.0. The van der Waals surface area contributed by atoms with Crippen LogP contribution in [0.3, 0.4) is 0 Å². The highest BCUT2D eigenvalue weighted by molar-refractivity contribution is 6.04. The SMILES string of the molecule is O=C(Nc1cccnc1-n1cccn1)[C@@H]1CC(=O)N(c2ccccc2F)C1. The predicted octanol–water partition coefficient (Wildman–Crippen LogP) is 2.40. The minimum Gasteiger partial charge on any atom is -0.323 e. The lowest BCUT2D eigenvalue weighted by atomic mass is 10.1. The predicted molar refractivity (Wildman–Crippen MR) is 96.8 cm³/mol. The molecule has 0 radical (unpaired) electrons. The number of nitrogens with zero attached hydrogens (tertiary/aromatic N) is 4. The van der Waals surface area contributed by atoms with Crippen LogP contribution in [0.4, 0.5) is 15.8 Å². The van der Waals surface area contributed by atoms with Gasteiger partial charge in [0.05, 0.1) is 17.3 Å². The Kier molecular flexibility index (Phi) is 4.37. The van der Waals surface area contributed by atoms with Gasteiger partial charge in [-0.1, -0.05) is 12.1 Å². The molecule has 1 N–H and O–H groups in total. The van der Waals surface area contributed by atoms with Crippen LogP contribution in [0.1, 0.15) is 6.42 Å². The number of anilines is 2. The summed E-state index contributed by atoms with van der Waals surface area (Å²) in [5.74, 6) is -1.18. The highest BCUT2D eigenvalue weighted by Gasteiger charge is 2.36. The van der Waals surface area contributed by atoms with Crippen molar-refractivity contribution in [2.45, 2.75) is 6.42 Å². The molecule has 0 aliphatic carbocycles. The van der Waals surface area contributed by atoms with Crippen molar-refractivity contribution in [1.82, 2.24) is 14.8 Å². The van der Waals surface area contributed by atoms with Crippen LogP contribution >= 0.6 is 0 Å². The number of halogens is 1. The quantitative estimate of drug-likeness (QED) is 0.770. The molecule has 1 saturated heterocycles. The van der Waals surface area contributed by atoms with Crippen molar-refractivity contribution in [2.24, 2.45) is 5.92 Å². The van der Waals surface area contributed by atoms with Crippen LogP contribution in [0.2, 0.25) is 0 Å². The summed E-state index contributed by atoms with van der Waals surface area (Å²) in [6.45, 7) is 0.128. The summed E-state index contributed by atoms with van der Waals surface area (Å²) in [7, 11) is 0. The van der Waals surface area contributed by atoms with Crippen LogP contribution in [0.25, 0.3) is 5.82 Å². The maximum Gasteiger partial charge on any atom is 0.229 e. The topological polar surface area (TPSA) is 80.1 Å². The van der Waals surface area contributed by atoms with Gasteiger partial charge in [-0.2, -0.15) is 5.10 Å². The molecule has 0 bridgehead atoms. The van der Waals surface area contributed by atoms with E-state index in [1.807, 2.05) is 0 Å². The van der Waals surface area contributed by atoms with Gasteiger partial charge in [-0.15, -0.1) is 0 Å². The molecular weight excluding hydrogens is 349 g/mol. The minimum absolute atomic E-state index is 0.0253. The van der Waals surface area contributed by atoms with Gasteiger partial charge in [0.1, 0.15) is 5.82 Å². The Morgan fingerprint density at radius 3 is 2.78 bits per heavy atom. The number of benzene rings is 1. The molecular formula is C19H16FN5O2. The van der Waals surface area contributed by atoms with Crippen molar-refractivity contribution in [2.75, 3.05) is 16.8 Å². The van der Waals surface area contributed by atoms with Crippen LogP contribution in [0.15, 0.2) is 61.1 Å². The van der Waals surface area contributed by atoms with Gasteiger partial charge in [-0.25, -0.2) is 14.1 Å². The number of aromatic nitrogens is 3. The number of amides is 2. The monoisotopic (exact) mass is 365 g/mol. The fraction of sp³-hybridized carbons (Fsp3) is 0.158. The lowest BCUT2D eigenvalue weighted by Crippen LogP contribution is -2.29. The Hall–Kier alpha value is -3.55. The Morgan fingerprint density at radius 1 is 1.15 bits per heavy atom. The molecule has 1 aromatic carbocycles. The van der Waals surface area contributed by atoms with Crippen LogP contribution in [-0.2, 0) is 9.59 Å². The fourth-order valence-electron chi connectivity index (χ4n) is 3.09. The lowest BCUT2D eigenvalue weighted by Gasteiger charge is -2.17. The normalized spacial score (nSPS) is 16.6. The van der Waals surface area contributed by atoms with Crippen LogP contribution in [0, 0.1) is 11.7 Å². The smallest absolute Gasteiger partial charge is 0.229 e. The number of carbonyl (C=O) groups excluding carboxylic acids is 2. The average Bonchev–Trinajstić information content (AvgIpc) is 3.33. The molecule has 136 valence electrons. The van der Waals surface area contributed by atoms with Crippen LogP contribution < -0.4 is 10.2 Å². The molecule has 0 unspecified atom stereocenters. The van der Waals surface area contributed by atoms with Crippen LogP contribution in [-0.4, -0.2) is 33.1 Å². The lowest BCUT2D eigenvalue weighted by molar-refractivity contribution is -0.122. The van der Waals surface area contributed by atoms with Gasteiger partial charge in [0.25, 0.3) is 0 Å². The number of hydrogen-bond acceptors (Lipinski definition) is 4. The van der Waals surface area contributed by atoms with E-state index >= 15 is 0 Å². The number of hydrogen-bond donors (Lipinski definition) is 1. The molecule has 1 aliphatic rings. The molecule has 0 spiro atoms. The Morgan fingerprint density at radius 2 is 2.00 bits per heavy atom. The molecule has 0 saturated carbocycles. The maximum absolute atomic E-state index is 14.0. The summed E-state index contributed by atoms with van der Waals surface area (Å²) in [5, 5.41) is 6.94. The second kappa shape index (κ2) is 6.99. The standard InChI is InChI=1S/C19H16FN5O2/c20-14-5-1-2-7-16(14)24-12-13(11-17(24)26)19(27)23-15-6-3-8-21-18(15)25-10-4-9-22-25/h1-10,13H,11-12H2,(H,23,27)/t13-/m1/s1. The average molecular weight is 365 g/mol. The second-order valence-electron chi connectivity index (χ2n) is 6.17. The summed E-state index contributed by atoms with van der Waals surface area (Å²) >= 11 is 0. The number of carbonyl (C=O) groups is 2. The zero-order valence-corrected chi connectivity index (χ0v) is 14.2. The van der Waals surface area contributed by atoms with Crippen molar-refractivity contribution in [1.29, 1.82) is 0 Å². The summed E-state index contributed by atoms with van der Waals surface area (Å²) in [4.78, 5) is 30.6. The van der Waals surface area contributed by atoms with Gasteiger partial charge in [0.2, 0.25) is 11.8 Å². The Labute approximate surface area is 154 Å². The van der Waals surface area contributed by atoms with Gasteiger partial charge < -0.3 is 10.2 Å². The first-order chi connectivity index (χ1) is 13.1. The Bertz CT molecular complexity index is 989. The molecule has 7 nitrogen and oxygen atoms in total. The van der Waals surface area contributed by atoms with E-state index in [9.17, 15) is 14.0 Å². The van der Waals surface area contributed by atoms with E-state index in [1.165, 1.54) is 17.0 Å². The van der Waals surface area contributed by atoms with Gasteiger partial charge in [0, 0.05) is 31.6 Å². The molecule has 8 heteroatoms. The number of rotatable bonds is 4. The third-order valence-electron chi connectivity index (χ3n) is 4.41. The molecule has 3 aromatic rings. The van der Waals surface area contributed by atoms with Gasteiger partial charge in [-0.3, -0.25) is 9.59 Å². The molecule has 4 rings (SSSR count). The van der Waals surface area contributed by atoms with Gasteiger partial charge in [0.15, 0.2) is 5.82 Å². The first kappa shape index (κ1) is 16.9. The van der Waals surface area contributed by atoms with Crippen molar-refractivity contribution in [3.63, 3.8) is 0 Å². The molecule has 1 aliphatic heterocycles. The van der Waals surface area contributed by atoms with Crippen molar-refractivity contribution >= 4 is 23.2 Å². The molecule has 2 amide bonds. The highest BCUT2D eigenvalue weighted by Crippen LogP contribution is 2.28. The largest absolute Gasteiger partial charge is 0.323 e. The second-order valence-corrected chi connectivity index (χ2v) is 6.17. The molecule has 3 heterocycles. The van der Waals surface area contributed by atoms with Crippen molar-refractivity contribution in [3.05, 3.63) is 66.9 Å². The minimum atomic E-state index is -0.581. The number of pyridine rings is 1. The molecule has 27 heavy (non-hydrogen) atoms. The summed E-state index contributed by atoms with van der Waals surface area (Å²) in [6.07, 6.45) is 4.96. The summed E-state index contributed by atoms with van der Waals surface area (Å²) < 4.78 is 15.5. The van der Waals surface area contributed by atoms with Gasteiger partial charge in [-0.05, 0) is 30.3 Å². The van der Waals surface area contributed by atoms with Crippen molar-refractivity contribution in [3.8, 4) is 5.82 Å². The van der Waals surface area contributed by atoms with E-state index in [0.717, 1.165) is 0 Å². The molecule has 1 atom stereocenters. The zero-order valence-electron chi connectivity index (χ0n) is 14.2. The van der Waals surface area contributed by atoms with E-state index < -0.39 is 11.7 Å².